The average Bonchev–Trinajstić information content (AvgIpc) is 3.64. The van der Waals surface area contributed by atoms with Crippen molar-refractivity contribution < 1.29 is 43.0 Å². The molecule has 0 heterocycles. The van der Waals surface area contributed by atoms with Gasteiger partial charge in [-0.25, -0.2) is 9.59 Å². The largest absolute Gasteiger partial charge is 0.460 e. The zero-order valence-electron chi connectivity index (χ0n) is 40.3. The summed E-state index contributed by atoms with van der Waals surface area (Å²) in [5, 5.41) is 11.2. The summed E-state index contributed by atoms with van der Waals surface area (Å²) in [6.45, 7) is 10.9. The van der Waals surface area contributed by atoms with Gasteiger partial charge in [-0.3, -0.25) is 19.2 Å². The number of esters is 2. The van der Waals surface area contributed by atoms with E-state index in [0.717, 1.165) is 44.5 Å². The Morgan fingerprint density at radius 3 is 1.65 bits per heavy atom. The van der Waals surface area contributed by atoms with Crippen LogP contribution in [0.1, 0.15) is 93.2 Å². The molecule has 69 heavy (non-hydrogen) atoms. The van der Waals surface area contributed by atoms with Crippen LogP contribution in [0, 0.1) is 12.8 Å². The summed E-state index contributed by atoms with van der Waals surface area (Å²) in [6.07, 6.45) is -0.968. The molecule has 5 aromatic carbocycles. The standard InChI is InChI=1S/C56H64N4O9/c1-36(2)31-49(54(65)67-34-39-22-11-8-12-23-39)59-52(63)47(32-38-20-9-7-10-21-38)57-53(64)48(33-40-24-14-13-19-37(40)3)58-51(62)46(29-30-50(61)69-56(4,5)6)60-55(66)68-35-45-43-27-17-15-25-41(43)42-26-16-18-28-44(42)45/h7-28,36,45-49H,29-35H2,1-6H3,(H,57,64)(H,58,62)(H,59,63)(H,60,66)/t46-,47-,48-,49-/m0/s1. The van der Waals surface area contributed by atoms with Crippen molar-refractivity contribution in [3.05, 3.63) is 167 Å². The first-order chi connectivity index (χ1) is 33.0. The van der Waals surface area contributed by atoms with E-state index < -0.39 is 65.5 Å². The Kier molecular flexibility index (Phi) is 17.9. The summed E-state index contributed by atoms with van der Waals surface area (Å²) in [6, 6.07) is 36.7. The van der Waals surface area contributed by atoms with Gasteiger partial charge in [-0.15, -0.1) is 0 Å². The molecule has 0 saturated heterocycles. The Hall–Kier alpha value is -7.28. The number of nitrogens with one attached hydrogen (secondary N) is 4. The number of rotatable bonds is 21. The molecule has 13 heteroatoms. The van der Waals surface area contributed by atoms with E-state index in [1.165, 1.54) is 0 Å². The minimum absolute atomic E-state index is 0.000692. The summed E-state index contributed by atoms with van der Waals surface area (Å²) < 4.78 is 17.0. The average molecular weight is 937 g/mol. The predicted octanol–water partition coefficient (Wildman–Crippen LogP) is 8.05. The molecule has 0 radical (unpaired) electrons. The van der Waals surface area contributed by atoms with Gasteiger partial charge in [0.2, 0.25) is 17.7 Å². The van der Waals surface area contributed by atoms with Gasteiger partial charge in [-0.05, 0) is 91.0 Å². The summed E-state index contributed by atoms with van der Waals surface area (Å²) in [5.41, 5.74) is 6.44. The molecular formula is C56H64N4O9. The number of amides is 4. The van der Waals surface area contributed by atoms with Crippen LogP contribution in [0.15, 0.2) is 133 Å². The Balaban J connectivity index is 1.23. The maximum atomic E-state index is 14.7. The molecular weight excluding hydrogens is 873 g/mol. The first-order valence-electron chi connectivity index (χ1n) is 23.6. The smallest absolute Gasteiger partial charge is 0.407 e. The molecule has 0 spiro atoms. The van der Waals surface area contributed by atoms with E-state index in [-0.39, 0.29) is 57.2 Å². The third kappa shape index (κ3) is 15.1. The second kappa shape index (κ2) is 24.1. The van der Waals surface area contributed by atoms with Crippen LogP contribution in [0.2, 0.25) is 0 Å². The summed E-state index contributed by atoms with van der Waals surface area (Å²) in [5.74, 6) is -3.52. The molecule has 0 bridgehead atoms. The van der Waals surface area contributed by atoms with Gasteiger partial charge in [0.15, 0.2) is 0 Å². The lowest BCUT2D eigenvalue weighted by molar-refractivity contribution is -0.155. The monoisotopic (exact) mass is 936 g/mol. The minimum Gasteiger partial charge on any atom is -0.460 e. The van der Waals surface area contributed by atoms with E-state index >= 15 is 0 Å². The second-order valence-corrected chi connectivity index (χ2v) is 18.9. The van der Waals surface area contributed by atoms with Crippen molar-refractivity contribution in [2.45, 2.75) is 116 Å². The van der Waals surface area contributed by atoms with Crippen molar-refractivity contribution in [1.82, 2.24) is 21.3 Å². The van der Waals surface area contributed by atoms with E-state index in [2.05, 4.69) is 21.3 Å². The molecule has 0 saturated carbocycles. The third-order valence-electron chi connectivity index (χ3n) is 11.8. The summed E-state index contributed by atoms with van der Waals surface area (Å²) in [4.78, 5) is 83.8. The number of ether oxygens (including phenoxy) is 3. The van der Waals surface area contributed by atoms with Gasteiger partial charge in [0.1, 0.15) is 43.0 Å². The molecule has 4 amide bonds. The molecule has 4 N–H and O–H groups in total. The zero-order valence-corrected chi connectivity index (χ0v) is 40.3. The Morgan fingerprint density at radius 2 is 1.07 bits per heavy atom. The van der Waals surface area contributed by atoms with Gasteiger partial charge in [0.05, 0.1) is 0 Å². The number of carbonyl (C=O) groups is 6. The van der Waals surface area contributed by atoms with Gasteiger partial charge in [-0.2, -0.15) is 0 Å². The predicted molar refractivity (Wildman–Crippen MR) is 264 cm³/mol. The lowest BCUT2D eigenvalue weighted by atomic mass is 9.98. The molecule has 0 fully saturated rings. The molecule has 6 rings (SSSR count). The van der Waals surface area contributed by atoms with Crippen LogP contribution in [-0.2, 0) is 57.6 Å². The van der Waals surface area contributed by atoms with Gasteiger partial charge in [0.25, 0.3) is 0 Å². The van der Waals surface area contributed by atoms with Crippen LogP contribution in [0.5, 0.6) is 0 Å². The van der Waals surface area contributed by atoms with Gasteiger partial charge >= 0.3 is 18.0 Å². The van der Waals surface area contributed by atoms with Crippen molar-refractivity contribution >= 4 is 35.8 Å². The van der Waals surface area contributed by atoms with E-state index in [1.807, 2.05) is 154 Å². The van der Waals surface area contributed by atoms with Crippen LogP contribution >= 0.6 is 0 Å². The van der Waals surface area contributed by atoms with Crippen LogP contribution in [0.3, 0.4) is 0 Å². The van der Waals surface area contributed by atoms with Crippen LogP contribution in [-0.4, -0.2) is 72.1 Å². The van der Waals surface area contributed by atoms with Crippen molar-refractivity contribution in [3.8, 4) is 11.1 Å². The number of fused-ring (bicyclic) bond motifs is 3. The lowest BCUT2D eigenvalue weighted by Crippen LogP contribution is -2.59. The highest BCUT2D eigenvalue weighted by Gasteiger charge is 2.34. The van der Waals surface area contributed by atoms with Crippen molar-refractivity contribution in [1.29, 1.82) is 0 Å². The molecule has 1 aliphatic carbocycles. The van der Waals surface area contributed by atoms with Gasteiger partial charge < -0.3 is 35.5 Å². The molecule has 0 aromatic heterocycles. The lowest BCUT2D eigenvalue weighted by Gasteiger charge is -2.27. The quantitative estimate of drug-likeness (QED) is 0.0419. The highest BCUT2D eigenvalue weighted by Crippen LogP contribution is 2.44. The highest BCUT2D eigenvalue weighted by molar-refractivity contribution is 5.95. The Labute approximate surface area is 405 Å². The third-order valence-corrected chi connectivity index (χ3v) is 11.8. The topological polar surface area (TPSA) is 178 Å². The first-order valence-corrected chi connectivity index (χ1v) is 23.6. The van der Waals surface area contributed by atoms with E-state index in [1.54, 1.807) is 20.8 Å². The highest BCUT2D eigenvalue weighted by atomic mass is 16.6. The van der Waals surface area contributed by atoms with Crippen LogP contribution < -0.4 is 21.3 Å². The maximum Gasteiger partial charge on any atom is 0.407 e. The van der Waals surface area contributed by atoms with Crippen molar-refractivity contribution in [2.24, 2.45) is 5.92 Å². The molecule has 13 nitrogen and oxygen atoms in total. The van der Waals surface area contributed by atoms with E-state index in [4.69, 9.17) is 14.2 Å². The Morgan fingerprint density at radius 1 is 0.565 bits per heavy atom. The fourth-order valence-electron chi connectivity index (χ4n) is 8.36. The molecule has 4 atom stereocenters. The van der Waals surface area contributed by atoms with Gasteiger partial charge in [-0.1, -0.05) is 147 Å². The SMILES string of the molecule is Cc1ccccc1C[C@H](NC(=O)[C@H](CCC(=O)OC(C)(C)C)NC(=O)OCC1c2ccccc2-c2ccccc21)C(=O)N[C@@H](Cc1ccccc1)C(=O)N[C@@H](CC(C)C)C(=O)OCc1ccccc1. The fourth-order valence-corrected chi connectivity index (χ4v) is 8.36. The fraction of sp³-hybridized carbons (Fsp3) is 0.357. The maximum absolute atomic E-state index is 14.7. The van der Waals surface area contributed by atoms with Crippen LogP contribution in [0.4, 0.5) is 4.79 Å². The van der Waals surface area contributed by atoms with Gasteiger partial charge in [0, 0.05) is 25.2 Å². The number of aryl methyl sites for hydroxylation is 1. The molecule has 362 valence electrons. The zero-order chi connectivity index (χ0) is 49.5. The van der Waals surface area contributed by atoms with E-state index in [9.17, 15) is 28.8 Å². The molecule has 1 aliphatic rings. The number of hydrogen-bond acceptors (Lipinski definition) is 9. The van der Waals surface area contributed by atoms with E-state index in [0.29, 0.717) is 0 Å². The van der Waals surface area contributed by atoms with Crippen molar-refractivity contribution in [2.75, 3.05) is 6.61 Å². The molecule has 0 aliphatic heterocycles. The summed E-state index contributed by atoms with van der Waals surface area (Å²) >= 11 is 0. The first kappa shape index (κ1) is 51.1. The van der Waals surface area contributed by atoms with Crippen LogP contribution in [0.25, 0.3) is 11.1 Å². The number of alkyl carbamates (subject to hydrolysis) is 1. The normalized spacial score (nSPS) is 13.7. The molecule has 0 unspecified atom stereocenters. The minimum atomic E-state index is -1.34. The molecule has 5 aromatic rings. The summed E-state index contributed by atoms with van der Waals surface area (Å²) in [7, 11) is 0. The van der Waals surface area contributed by atoms with Crippen molar-refractivity contribution in [3.63, 3.8) is 0 Å². The number of benzene rings is 5. The Bertz CT molecular complexity index is 2510. The number of carbonyl (C=O) groups excluding carboxylic acids is 6. The number of hydrogen-bond donors (Lipinski definition) is 4. The second-order valence-electron chi connectivity index (χ2n) is 18.9.